The summed E-state index contributed by atoms with van der Waals surface area (Å²) in [4.78, 5) is 10.8. The van der Waals surface area contributed by atoms with Crippen LogP contribution >= 0.6 is 0 Å². The Bertz CT molecular complexity index is 202. The highest BCUT2D eigenvalue weighted by atomic mass is 16.4. The van der Waals surface area contributed by atoms with Crippen LogP contribution < -0.4 is 10.6 Å². The Labute approximate surface area is 85.4 Å². The topological polar surface area (TPSA) is 61.4 Å². The molecule has 0 unspecified atom stereocenters. The monoisotopic (exact) mass is 200 g/mol. The summed E-state index contributed by atoms with van der Waals surface area (Å²) >= 11 is 0. The lowest BCUT2D eigenvalue weighted by Gasteiger charge is -2.09. The van der Waals surface area contributed by atoms with Gasteiger partial charge >= 0.3 is 5.97 Å². The Balaban J connectivity index is 4.35. The second-order valence-electron chi connectivity index (χ2n) is 3.24. The van der Waals surface area contributed by atoms with Crippen molar-refractivity contribution in [2.75, 3.05) is 27.2 Å². The fraction of sp³-hybridized carbons (Fsp3) is 0.700. The molecule has 0 aliphatic carbocycles. The standard InChI is InChI=1S/C10H20N2O2/c1-8(10(13)14)9(4-6-11-2)5-7-12-3/h11-12H,4-7H2,1-3H3,(H,13,14). The van der Waals surface area contributed by atoms with Crippen LogP contribution in [0.2, 0.25) is 0 Å². The first-order chi connectivity index (χ1) is 6.63. The van der Waals surface area contributed by atoms with Gasteiger partial charge in [-0.1, -0.05) is 5.57 Å². The van der Waals surface area contributed by atoms with Gasteiger partial charge in [0, 0.05) is 5.57 Å². The molecule has 0 atom stereocenters. The molecule has 0 saturated carbocycles. The fourth-order valence-corrected chi connectivity index (χ4v) is 1.20. The zero-order chi connectivity index (χ0) is 11.0. The van der Waals surface area contributed by atoms with Gasteiger partial charge in [-0.2, -0.15) is 0 Å². The molecule has 4 heteroatoms. The molecule has 0 bridgehead atoms. The molecule has 3 N–H and O–H groups in total. The number of carboxylic acids is 1. The van der Waals surface area contributed by atoms with Crippen LogP contribution in [0.5, 0.6) is 0 Å². The van der Waals surface area contributed by atoms with Crippen LogP contribution in [-0.2, 0) is 4.79 Å². The van der Waals surface area contributed by atoms with E-state index in [1.807, 2.05) is 14.1 Å². The van der Waals surface area contributed by atoms with E-state index in [0.717, 1.165) is 31.5 Å². The van der Waals surface area contributed by atoms with Crippen molar-refractivity contribution in [3.05, 3.63) is 11.1 Å². The maximum Gasteiger partial charge on any atom is 0.331 e. The molecule has 0 aromatic rings. The van der Waals surface area contributed by atoms with Gasteiger partial charge in [-0.3, -0.25) is 0 Å². The van der Waals surface area contributed by atoms with Crippen molar-refractivity contribution in [3.63, 3.8) is 0 Å². The summed E-state index contributed by atoms with van der Waals surface area (Å²) in [5.41, 5.74) is 1.50. The Morgan fingerprint density at radius 3 is 1.86 bits per heavy atom. The number of aliphatic carboxylic acids is 1. The van der Waals surface area contributed by atoms with E-state index in [0.29, 0.717) is 5.57 Å². The lowest BCUT2D eigenvalue weighted by Crippen LogP contribution is -2.15. The zero-order valence-electron chi connectivity index (χ0n) is 9.18. The predicted octanol–water partition coefficient (Wildman–Crippen LogP) is 0.606. The summed E-state index contributed by atoms with van der Waals surface area (Å²) in [5.74, 6) is -0.813. The van der Waals surface area contributed by atoms with Crippen molar-refractivity contribution in [3.8, 4) is 0 Å². The Morgan fingerprint density at radius 1 is 1.14 bits per heavy atom. The minimum absolute atomic E-state index is 0.482. The molecule has 4 nitrogen and oxygen atoms in total. The number of hydrogen-bond donors (Lipinski definition) is 3. The molecule has 0 heterocycles. The average molecular weight is 200 g/mol. The van der Waals surface area contributed by atoms with Gasteiger partial charge in [0.15, 0.2) is 0 Å². The van der Waals surface area contributed by atoms with Gasteiger partial charge in [-0.15, -0.1) is 0 Å². The molecule has 0 radical (unpaired) electrons. The summed E-state index contributed by atoms with van der Waals surface area (Å²) in [7, 11) is 3.73. The first-order valence-electron chi connectivity index (χ1n) is 4.84. The number of rotatable bonds is 7. The third-order valence-electron chi connectivity index (χ3n) is 2.20. The van der Waals surface area contributed by atoms with Crippen molar-refractivity contribution >= 4 is 5.97 Å². The van der Waals surface area contributed by atoms with Gasteiger partial charge in [0.2, 0.25) is 0 Å². The maximum atomic E-state index is 10.8. The van der Waals surface area contributed by atoms with Crippen molar-refractivity contribution < 1.29 is 9.90 Å². The van der Waals surface area contributed by atoms with E-state index >= 15 is 0 Å². The van der Waals surface area contributed by atoms with Crippen LogP contribution in [0.3, 0.4) is 0 Å². The number of nitrogens with one attached hydrogen (secondary N) is 2. The molecule has 0 amide bonds. The van der Waals surface area contributed by atoms with Crippen LogP contribution in [0.1, 0.15) is 19.8 Å². The predicted molar refractivity (Wildman–Crippen MR) is 57.4 cm³/mol. The van der Waals surface area contributed by atoms with Gasteiger partial charge in [0.05, 0.1) is 0 Å². The van der Waals surface area contributed by atoms with E-state index in [4.69, 9.17) is 5.11 Å². The molecule has 0 aliphatic heterocycles. The van der Waals surface area contributed by atoms with Crippen molar-refractivity contribution in [2.24, 2.45) is 0 Å². The number of carboxylic acid groups (broad SMARTS) is 1. The van der Waals surface area contributed by atoms with Crippen molar-refractivity contribution in [1.29, 1.82) is 0 Å². The van der Waals surface area contributed by atoms with Gasteiger partial charge in [-0.05, 0) is 47.0 Å². The minimum atomic E-state index is -0.813. The molecule has 0 aromatic heterocycles. The third-order valence-corrected chi connectivity index (χ3v) is 2.20. The number of hydrogen-bond acceptors (Lipinski definition) is 3. The third kappa shape index (κ3) is 4.99. The van der Waals surface area contributed by atoms with Crippen LogP contribution in [0.4, 0.5) is 0 Å². The van der Waals surface area contributed by atoms with Gasteiger partial charge in [0.1, 0.15) is 0 Å². The first-order valence-corrected chi connectivity index (χ1v) is 4.84. The molecule has 0 aliphatic rings. The molecule has 14 heavy (non-hydrogen) atoms. The summed E-state index contributed by atoms with van der Waals surface area (Å²) in [5, 5.41) is 14.9. The molecule has 82 valence electrons. The molecule has 0 rings (SSSR count). The SMILES string of the molecule is CNCCC(CCNC)=C(C)C(=O)O. The summed E-state index contributed by atoms with van der Waals surface area (Å²) in [6.45, 7) is 3.32. The number of carbonyl (C=O) groups is 1. The summed E-state index contributed by atoms with van der Waals surface area (Å²) in [6.07, 6.45) is 1.60. The van der Waals surface area contributed by atoms with E-state index in [1.54, 1.807) is 6.92 Å². The first kappa shape index (κ1) is 13.1. The average Bonchev–Trinajstić information content (AvgIpc) is 2.17. The van der Waals surface area contributed by atoms with Crippen molar-refractivity contribution in [2.45, 2.75) is 19.8 Å². The normalized spacial score (nSPS) is 9.93. The summed E-state index contributed by atoms with van der Waals surface area (Å²) in [6, 6.07) is 0. The summed E-state index contributed by atoms with van der Waals surface area (Å²) < 4.78 is 0. The van der Waals surface area contributed by atoms with Crippen LogP contribution in [0.15, 0.2) is 11.1 Å². The van der Waals surface area contributed by atoms with Gasteiger partial charge in [0.25, 0.3) is 0 Å². The highest BCUT2D eigenvalue weighted by Crippen LogP contribution is 2.12. The molecule has 0 aromatic carbocycles. The Hall–Kier alpha value is -0.870. The fourth-order valence-electron chi connectivity index (χ4n) is 1.20. The molecule has 0 saturated heterocycles. The Kier molecular flexibility index (Phi) is 7.06. The van der Waals surface area contributed by atoms with Gasteiger partial charge < -0.3 is 15.7 Å². The second kappa shape index (κ2) is 7.53. The van der Waals surface area contributed by atoms with E-state index in [1.165, 1.54) is 0 Å². The second-order valence-corrected chi connectivity index (χ2v) is 3.24. The quantitative estimate of drug-likeness (QED) is 0.527. The lowest BCUT2D eigenvalue weighted by atomic mass is 10.0. The highest BCUT2D eigenvalue weighted by Gasteiger charge is 2.08. The molecular weight excluding hydrogens is 180 g/mol. The van der Waals surface area contributed by atoms with E-state index in [2.05, 4.69) is 10.6 Å². The largest absolute Gasteiger partial charge is 0.478 e. The zero-order valence-corrected chi connectivity index (χ0v) is 9.18. The maximum absolute atomic E-state index is 10.8. The lowest BCUT2D eigenvalue weighted by molar-refractivity contribution is -0.132. The van der Waals surface area contributed by atoms with Crippen LogP contribution in [0, 0.1) is 0 Å². The highest BCUT2D eigenvalue weighted by molar-refractivity contribution is 5.86. The van der Waals surface area contributed by atoms with Crippen LogP contribution in [0.25, 0.3) is 0 Å². The minimum Gasteiger partial charge on any atom is -0.478 e. The molecule has 0 fully saturated rings. The Morgan fingerprint density at radius 2 is 1.57 bits per heavy atom. The van der Waals surface area contributed by atoms with Crippen LogP contribution in [-0.4, -0.2) is 38.3 Å². The molecule has 0 spiro atoms. The van der Waals surface area contributed by atoms with Gasteiger partial charge in [-0.25, -0.2) is 4.79 Å². The molecular formula is C10H20N2O2. The smallest absolute Gasteiger partial charge is 0.331 e. The van der Waals surface area contributed by atoms with Crippen molar-refractivity contribution in [1.82, 2.24) is 10.6 Å². The van der Waals surface area contributed by atoms with E-state index in [9.17, 15) is 4.79 Å². The van der Waals surface area contributed by atoms with E-state index in [-0.39, 0.29) is 0 Å². The van der Waals surface area contributed by atoms with E-state index < -0.39 is 5.97 Å².